The zero-order valence-corrected chi connectivity index (χ0v) is 10.9. The molecule has 1 nitrogen and oxygen atoms in total. The van der Waals surface area contributed by atoms with Gasteiger partial charge in [-0.2, -0.15) is 0 Å². The second-order valence-corrected chi connectivity index (χ2v) is 5.47. The highest BCUT2D eigenvalue weighted by molar-refractivity contribution is 5.50. The third kappa shape index (κ3) is 1.58. The van der Waals surface area contributed by atoms with Crippen LogP contribution < -0.4 is 16.2 Å². The van der Waals surface area contributed by atoms with Gasteiger partial charge in [0.25, 0.3) is 0 Å². The lowest BCUT2D eigenvalue weighted by molar-refractivity contribution is 0.801. The second kappa shape index (κ2) is 4.07. The van der Waals surface area contributed by atoms with Crippen molar-refractivity contribution in [3.8, 4) is 0 Å². The number of hydrogen-bond donors (Lipinski definition) is 1. The molecule has 0 fully saturated rings. The summed E-state index contributed by atoms with van der Waals surface area (Å²) in [5.41, 5.74) is 9.24. The summed E-state index contributed by atoms with van der Waals surface area (Å²) in [7, 11) is 0. The summed E-state index contributed by atoms with van der Waals surface area (Å²) in [5.74, 6) is 0. The maximum atomic E-state index is 6.42. The molecule has 0 amide bonds. The quantitative estimate of drug-likeness (QED) is 0.756. The predicted octanol–water partition coefficient (Wildman–Crippen LogP) is 1.88. The molecule has 2 aliphatic rings. The van der Waals surface area contributed by atoms with E-state index in [0.717, 1.165) is 0 Å². The Morgan fingerprint density at radius 2 is 1.84 bits per heavy atom. The summed E-state index contributed by atoms with van der Waals surface area (Å²) < 4.78 is 0. The zero-order chi connectivity index (χ0) is 12.8. The third-order valence-corrected chi connectivity index (χ3v) is 4.33. The summed E-state index contributed by atoms with van der Waals surface area (Å²) >= 11 is 0. The molecule has 2 aliphatic carbocycles. The van der Waals surface area contributed by atoms with Crippen molar-refractivity contribution in [1.29, 1.82) is 0 Å². The van der Waals surface area contributed by atoms with Gasteiger partial charge in [-0.15, -0.1) is 0 Å². The van der Waals surface area contributed by atoms with Gasteiger partial charge in [-0.1, -0.05) is 48.6 Å². The minimum Gasteiger partial charge on any atom is -0.321 e. The van der Waals surface area contributed by atoms with E-state index < -0.39 is 0 Å². The minimum atomic E-state index is 0.0337. The highest BCUT2D eigenvalue weighted by Gasteiger charge is 2.16. The van der Waals surface area contributed by atoms with Gasteiger partial charge >= 0.3 is 0 Å². The van der Waals surface area contributed by atoms with E-state index in [4.69, 9.17) is 5.73 Å². The minimum absolute atomic E-state index is 0.0337. The molecule has 0 saturated carbocycles. The average Bonchev–Trinajstić information content (AvgIpc) is 2.46. The summed E-state index contributed by atoms with van der Waals surface area (Å²) in [5, 5.41) is 5.32. The Kier molecular flexibility index (Phi) is 2.36. The Morgan fingerprint density at radius 1 is 0.947 bits per heavy atom. The van der Waals surface area contributed by atoms with Gasteiger partial charge in [0.15, 0.2) is 0 Å². The van der Waals surface area contributed by atoms with Crippen molar-refractivity contribution in [1.82, 2.24) is 0 Å². The Balaban J connectivity index is 2.27. The fourth-order valence-corrected chi connectivity index (χ4v) is 3.47. The third-order valence-electron chi connectivity index (χ3n) is 4.33. The van der Waals surface area contributed by atoms with Crippen LogP contribution in [0.5, 0.6) is 0 Å². The first-order chi connectivity index (χ1) is 9.34. The van der Waals surface area contributed by atoms with Crippen LogP contribution in [0.15, 0.2) is 36.4 Å². The highest BCUT2D eigenvalue weighted by Crippen LogP contribution is 2.22. The molecule has 2 aromatic rings. The standard InChI is InChI=1S/C18H17N/c19-17-11-13-6-2-3-7-14(13)16-10-9-12-5-1-4-8-15(12)18(16)17/h2-3,5-7,9-11,17H,1,4,8,19H2. The van der Waals surface area contributed by atoms with E-state index >= 15 is 0 Å². The van der Waals surface area contributed by atoms with E-state index in [1.54, 1.807) is 0 Å². The summed E-state index contributed by atoms with van der Waals surface area (Å²) in [4.78, 5) is 0. The molecule has 2 aromatic carbocycles. The lowest BCUT2D eigenvalue weighted by Crippen LogP contribution is -2.25. The molecule has 19 heavy (non-hydrogen) atoms. The first-order valence-electron chi connectivity index (χ1n) is 7.03. The van der Waals surface area contributed by atoms with Gasteiger partial charge < -0.3 is 5.73 Å². The Bertz CT molecular complexity index is 862. The number of fused-ring (bicyclic) bond motifs is 4. The first kappa shape index (κ1) is 11.0. The van der Waals surface area contributed by atoms with Crippen molar-refractivity contribution in [2.75, 3.05) is 0 Å². The molecule has 0 aromatic heterocycles. The second-order valence-electron chi connectivity index (χ2n) is 5.47. The summed E-state index contributed by atoms with van der Waals surface area (Å²) in [6, 6.07) is 13.1. The molecule has 1 unspecified atom stereocenters. The van der Waals surface area contributed by atoms with Gasteiger partial charge in [0, 0.05) is 6.04 Å². The van der Waals surface area contributed by atoms with Crippen LogP contribution in [0.2, 0.25) is 0 Å². The molecular formula is C18H17N. The molecule has 94 valence electrons. The molecule has 0 radical (unpaired) electrons. The number of rotatable bonds is 0. The Morgan fingerprint density at radius 3 is 2.79 bits per heavy atom. The van der Waals surface area contributed by atoms with Gasteiger partial charge in [0.2, 0.25) is 0 Å². The largest absolute Gasteiger partial charge is 0.321 e. The van der Waals surface area contributed by atoms with Crippen LogP contribution in [-0.4, -0.2) is 0 Å². The van der Waals surface area contributed by atoms with Gasteiger partial charge in [-0.3, -0.25) is 0 Å². The van der Waals surface area contributed by atoms with E-state index in [1.165, 1.54) is 51.3 Å². The molecule has 0 bridgehead atoms. The van der Waals surface area contributed by atoms with Crippen molar-refractivity contribution in [3.63, 3.8) is 0 Å². The highest BCUT2D eigenvalue weighted by atomic mass is 14.6. The molecular weight excluding hydrogens is 230 g/mol. The molecule has 4 rings (SSSR count). The van der Waals surface area contributed by atoms with Crippen LogP contribution >= 0.6 is 0 Å². The molecule has 0 heterocycles. The van der Waals surface area contributed by atoms with E-state index in [1.807, 2.05) is 0 Å². The topological polar surface area (TPSA) is 26.0 Å². The van der Waals surface area contributed by atoms with Gasteiger partial charge in [-0.25, -0.2) is 0 Å². The number of benzene rings is 2. The Labute approximate surface area is 112 Å². The molecule has 0 saturated heterocycles. The van der Waals surface area contributed by atoms with Gasteiger partial charge in [0.05, 0.1) is 0 Å². The lowest BCUT2D eigenvalue weighted by atomic mass is 9.87. The van der Waals surface area contributed by atoms with E-state index in [2.05, 4.69) is 48.6 Å². The maximum Gasteiger partial charge on any atom is 0.0499 e. The molecule has 1 atom stereocenters. The van der Waals surface area contributed by atoms with Crippen molar-refractivity contribution in [2.24, 2.45) is 5.73 Å². The first-order valence-corrected chi connectivity index (χ1v) is 7.03. The van der Waals surface area contributed by atoms with Crippen LogP contribution in [0.25, 0.3) is 12.2 Å². The van der Waals surface area contributed by atoms with Gasteiger partial charge in [0.1, 0.15) is 0 Å². The maximum absolute atomic E-state index is 6.42. The fraction of sp³-hybridized carbons (Fsp3) is 0.222. The van der Waals surface area contributed by atoms with Crippen LogP contribution in [0.1, 0.15) is 30.0 Å². The molecule has 0 aliphatic heterocycles. The van der Waals surface area contributed by atoms with Crippen LogP contribution in [0.4, 0.5) is 0 Å². The average molecular weight is 247 g/mol. The van der Waals surface area contributed by atoms with Crippen LogP contribution in [0, 0.1) is 10.4 Å². The molecule has 1 heteroatoms. The molecule has 2 N–H and O–H groups in total. The van der Waals surface area contributed by atoms with Crippen molar-refractivity contribution in [3.05, 3.63) is 68.4 Å². The van der Waals surface area contributed by atoms with Crippen molar-refractivity contribution < 1.29 is 0 Å². The summed E-state index contributed by atoms with van der Waals surface area (Å²) in [6.07, 6.45) is 8.16. The van der Waals surface area contributed by atoms with Gasteiger partial charge in [-0.05, 0) is 51.3 Å². The zero-order valence-electron chi connectivity index (χ0n) is 10.9. The Hall–Kier alpha value is -1.86. The normalized spacial score (nSPS) is 19.5. The number of nitrogens with two attached hydrogens (primary N) is 1. The van der Waals surface area contributed by atoms with Crippen molar-refractivity contribution >= 4 is 12.2 Å². The van der Waals surface area contributed by atoms with E-state index in [9.17, 15) is 0 Å². The summed E-state index contributed by atoms with van der Waals surface area (Å²) in [6.45, 7) is 0. The van der Waals surface area contributed by atoms with E-state index in [0.29, 0.717) is 0 Å². The SMILES string of the molecule is NC1C=c2ccccc2=c2ccc3c(c21)CCCC=3. The van der Waals surface area contributed by atoms with Crippen LogP contribution in [-0.2, 0) is 6.42 Å². The smallest absolute Gasteiger partial charge is 0.0499 e. The van der Waals surface area contributed by atoms with Crippen molar-refractivity contribution in [2.45, 2.75) is 25.3 Å². The molecule has 0 spiro atoms. The monoisotopic (exact) mass is 247 g/mol. The fourth-order valence-electron chi connectivity index (χ4n) is 3.47. The number of hydrogen-bond acceptors (Lipinski definition) is 1. The lowest BCUT2D eigenvalue weighted by Gasteiger charge is -2.20. The van der Waals surface area contributed by atoms with E-state index in [-0.39, 0.29) is 6.04 Å². The van der Waals surface area contributed by atoms with Crippen LogP contribution in [0.3, 0.4) is 0 Å². The predicted molar refractivity (Wildman–Crippen MR) is 78.6 cm³/mol.